The summed E-state index contributed by atoms with van der Waals surface area (Å²) in [6.07, 6.45) is 0. The Morgan fingerprint density at radius 3 is 2.75 bits per heavy atom. The van der Waals surface area contributed by atoms with Crippen molar-refractivity contribution in [2.45, 2.75) is 13.5 Å². The number of hydrogen-bond donors (Lipinski definition) is 1. The fourth-order valence-electron chi connectivity index (χ4n) is 0.958. The highest BCUT2D eigenvalue weighted by molar-refractivity contribution is 14.1. The van der Waals surface area contributed by atoms with Crippen LogP contribution in [0.25, 0.3) is 0 Å². The van der Waals surface area contributed by atoms with E-state index in [1.54, 1.807) is 6.07 Å². The minimum absolute atomic E-state index is 0.0703. The van der Waals surface area contributed by atoms with E-state index >= 15 is 0 Å². The zero-order valence-corrected chi connectivity index (χ0v) is 8.79. The summed E-state index contributed by atoms with van der Waals surface area (Å²) in [5, 5.41) is 17.6. The maximum absolute atomic E-state index is 8.91. The number of aryl methyl sites for hydroxylation is 1. The first-order valence-corrected chi connectivity index (χ1v) is 4.57. The Bertz CT molecular complexity index is 341. The van der Waals surface area contributed by atoms with E-state index in [0.717, 1.165) is 9.13 Å². The summed E-state index contributed by atoms with van der Waals surface area (Å²) in [5.41, 5.74) is 2.34. The highest BCUT2D eigenvalue weighted by Gasteiger charge is 2.03. The van der Waals surface area contributed by atoms with Crippen molar-refractivity contribution >= 4 is 22.6 Å². The fourth-order valence-corrected chi connectivity index (χ4v) is 1.49. The van der Waals surface area contributed by atoms with Crippen LogP contribution in [0.15, 0.2) is 12.1 Å². The SMILES string of the molecule is Cc1cc(C#N)c(CO)cc1I. The van der Waals surface area contributed by atoms with Gasteiger partial charge in [0.1, 0.15) is 0 Å². The summed E-state index contributed by atoms with van der Waals surface area (Å²) >= 11 is 2.19. The van der Waals surface area contributed by atoms with Crippen LogP contribution in [-0.4, -0.2) is 5.11 Å². The maximum atomic E-state index is 8.91. The molecule has 0 radical (unpaired) electrons. The minimum Gasteiger partial charge on any atom is -0.392 e. The van der Waals surface area contributed by atoms with Gasteiger partial charge in [-0.1, -0.05) is 0 Å². The molecule has 0 heterocycles. The molecule has 0 saturated carbocycles. The lowest BCUT2D eigenvalue weighted by molar-refractivity contribution is 0.281. The van der Waals surface area contributed by atoms with Gasteiger partial charge in [-0.3, -0.25) is 0 Å². The number of nitriles is 1. The third kappa shape index (κ3) is 1.76. The van der Waals surface area contributed by atoms with E-state index in [1.807, 2.05) is 13.0 Å². The van der Waals surface area contributed by atoms with Crippen molar-refractivity contribution in [2.75, 3.05) is 0 Å². The summed E-state index contributed by atoms with van der Waals surface area (Å²) < 4.78 is 1.08. The lowest BCUT2D eigenvalue weighted by Gasteiger charge is -2.03. The Balaban J connectivity index is 3.31. The number of hydrogen-bond acceptors (Lipinski definition) is 2. The Kier molecular flexibility index (Phi) is 3.06. The van der Waals surface area contributed by atoms with E-state index in [4.69, 9.17) is 10.4 Å². The van der Waals surface area contributed by atoms with Crippen LogP contribution in [-0.2, 0) is 6.61 Å². The van der Waals surface area contributed by atoms with Gasteiger partial charge >= 0.3 is 0 Å². The molecule has 12 heavy (non-hydrogen) atoms. The van der Waals surface area contributed by atoms with Gasteiger partial charge in [0.2, 0.25) is 0 Å². The van der Waals surface area contributed by atoms with E-state index in [2.05, 4.69) is 28.7 Å². The lowest BCUT2D eigenvalue weighted by Crippen LogP contribution is -1.92. The smallest absolute Gasteiger partial charge is 0.0995 e. The first kappa shape index (κ1) is 9.49. The molecule has 0 unspecified atom stereocenters. The molecule has 1 N–H and O–H groups in total. The largest absolute Gasteiger partial charge is 0.392 e. The van der Waals surface area contributed by atoms with Gasteiger partial charge in [-0.05, 0) is 52.8 Å². The molecule has 0 amide bonds. The summed E-state index contributed by atoms with van der Waals surface area (Å²) in [7, 11) is 0. The number of aliphatic hydroxyl groups is 1. The van der Waals surface area contributed by atoms with Crippen molar-refractivity contribution < 1.29 is 5.11 Å². The lowest BCUT2D eigenvalue weighted by atomic mass is 10.1. The Morgan fingerprint density at radius 2 is 2.25 bits per heavy atom. The fraction of sp³-hybridized carbons (Fsp3) is 0.222. The zero-order chi connectivity index (χ0) is 9.14. The molecule has 3 heteroatoms. The second kappa shape index (κ2) is 3.87. The number of halogens is 1. The molecule has 1 rings (SSSR count). The second-order valence-electron chi connectivity index (χ2n) is 2.53. The molecule has 0 aliphatic carbocycles. The van der Waals surface area contributed by atoms with Crippen LogP contribution in [0, 0.1) is 21.8 Å². The maximum Gasteiger partial charge on any atom is 0.0995 e. The average molecular weight is 273 g/mol. The van der Waals surface area contributed by atoms with Crippen LogP contribution >= 0.6 is 22.6 Å². The van der Waals surface area contributed by atoms with Gasteiger partial charge in [0, 0.05) is 3.57 Å². The van der Waals surface area contributed by atoms with Crippen LogP contribution in [0.1, 0.15) is 16.7 Å². The van der Waals surface area contributed by atoms with Crippen LogP contribution in [0.2, 0.25) is 0 Å². The molecule has 0 fully saturated rings. The second-order valence-corrected chi connectivity index (χ2v) is 3.69. The molecule has 0 bridgehead atoms. The number of nitrogens with zero attached hydrogens (tertiary/aromatic N) is 1. The normalized spacial score (nSPS) is 9.50. The molecular formula is C9H8INO. The van der Waals surface area contributed by atoms with Crippen molar-refractivity contribution in [3.05, 3.63) is 32.4 Å². The summed E-state index contributed by atoms with van der Waals surface area (Å²) in [4.78, 5) is 0. The molecule has 1 aromatic carbocycles. The van der Waals surface area contributed by atoms with Crippen LogP contribution < -0.4 is 0 Å². The van der Waals surface area contributed by atoms with E-state index in [9.17, 15) is 0 Å². The highest BCUT2D eigenvalue weighted by atomic mass is 127. The monoisotopic (exact) mass is 273 g/mol. The first-order chi connectivity index (χ1) is 5.69. The van der Waals surface area contributed by atoms with E-state index in [0.29, 0.717) is 11.1 Å². The molecule has 0 atom stereocenters. The standard InChI is InChI=1S/C9H8INO/c1-6-2-7(4-11)8(5-12)3-9(6)10/h2-3,12H,5H2,1H3. The quantitative estimate of drug-likeness (QED) is 0.795. The summed E-state index contributed by atoms with van der Waals surface area (Å²) in [6, 6.07) is 5.69. The molecule has 0 aliphatic heterocycles. The Morgan fingerprint density at radius 1 is 1.58 bits per heavy atom. The van der Waals surface area contributed by atoms with Crippen molar-refractivity contribution in [3.8, 4) is 6.07 Å². The average Bonchev–Trinajstić information content (AvgIpc) is 2.09. The van der Waals surface area contributed by atoms with Crippen LogP contribution in [0.4, 0.5) is 0 Å². The topological polar surface area (TPSA) is 44.0 Å². The van der Waals surface area contributed by atoms with Gasteiger partial charge < -0.3 is 5.11 Å². The Hall–Kier alpha value is -0.600. The summed E-state index contributed by atoms with van der Waals surface area (Å²) in [6.45, 7) is 1.88. The van der Waals surface area contributed by atoms with Crippen molar-refractivity contribution in [3.63, 3.8) is 0 Å². The number of rotatable bonds is 1. The van der Waals surface area contributed by atoms with Gasteiger partial charge in [-0.15, -0.1) is 0 Å². The van der Waals surface area contributed by atoms with Gasteiger partial charge in [0.15, 0.2) is 0 Å². The molecule has 2 nitrogen and oxygen atoms in total. The van der Waals surface area contributed by atoms with Gasteiger partial charge in [0.25, 0.3) is 0 Å². The predicted molar refractivity (Wildman–Crippen MR) is 54.5 cm³/mol. The number of aliphatic hydroxyl groups excluding tert-OH is 1. The van der Waals surface area contributed by atoms with E-state index < -0.39 is 0 Å². The van der Waals surface area contributed by atoms with E-state index in [1.165, 1.54) is 0 Å². The first-order valence-electron chi connectivity index (χ1n) is 3.49. The predicted octanol–water partition coefficient (Wildman–Crippen LogP) is 1.96. The molecule has 62 valence electrons. The molecule has 0 saturated heterocycles. The number of benzene rings is 1. The van der Waals surface area contributed by atoms with Crippen molar-refractivity contribution in [1.29, 1.82) is 5.26 Å². The van der Waals surface area contributed by atoms with E-state index in [-0.39, 0.29) is 6.61 Å². The Labute approximate surface area is 85.0 Å². The van der Waals surface area contributed by atoms with Gasteiger partial charge in [0.05, 0.1) is 18.2 Å². The highest BCUT2D eigenvalue weighted by Crippen LogP contribution is 2.17. The van der Waals surface area contributed by atoms with Crippen molar-refractivity contribution in [1.82, 2.24) is 0 Å². The zero-order valence-electron chi connectivity index (χ0n) is 6.63. The minimum atomic E-state index is -0.0703. The summed E-state index contributed by atoms with van der Waals surface area (Å²) in [5.74, 6) is 0. The van der Waals surface area contributed by atoms with Gasteiger partial charge in [-0.2, -0.15) is 5.26 Å². The van der Waals surface area contributed by atoms with Gasteiger partial charge in [-0.25, -0.2) is 0 Å². The van der Waals surface area contributed by atoms with Crippen LogP contribution in [0.3, 0.4) is 0 Å². The molecule has 0 spiro atoms. The third-order valence-electron chi connectivity index (χ3n) is 1.68. The van der Waals surface area contributed by atoms with Crippen molar-refractivity contribution in [2.24, 2.45) is 0 Å². The molecule has 0 aromatic heterocycles. The third-order valence-corrected chi connectivity index (χ3v) is 2.84. The molecular weight excluding hydrogens is 265 g/mol. The molecule has 1 aromatic rings. The molecule has 0 aliphatic rings. The van der Waals surface area contributed by atoms with Crippen LogP contribution in [0.5, 0.6) is 0 Å².